The quantitative estimate of drug-likeness (QED) is 0.312. The van der Waals surface area contributed by atoms with Crippen LogP contribution in [0.15, 0.2) is 0 Å². The fourth-order valence-electron chi connectivity index (χ4n) is 2.72. The van der Waals surface area contributed by atoms with Gasteiger partial charge in [0.25, 0.3) is 0 Å². The zero-order chi connectivity index (χ0) is 20.8. The first-order valence-electron chi connectivity index (χ1n) is 9.95. The molecule has 0 N–H and O–H groups in total. The van der Waals surface area contributed by atoms with Gasteiger partial charge in [0.15, 0.2) is 0 Å². The SMILES string of the molecule is CCCCOC(=O)C(CC)CC(CC(CC)C(=O)[O-])C(=O)OCCN(C)C. The number of hydrogen-bond acceptors (Lipinski definition) is 7. The molecule has 0 aromatic carbocycles. The van der Waals surface area contributed by atoms with Crippen molar-refractivity contribution in [2.45, 2.75) is 59.3 Å². The second-order valence-electron chi connectivity index (χ2n) is 7.19. The predicted octanol–water partition coefficient (Wildman–Crippen LogP) is 1.63. The lowest BCUT2D eigenvalue weighted by molar-refractivity contribution is -0.312. The van der Waals surface area contributed by atoms with Gasteiger partial charge >= 0.3 is 11.9 Å². The number of nitrogens with zero attached hydrogens (tertiary/aromatic N) is 1. The van der Waals surface area contributed by atoms with E-state index in [1.165, 1.54) is 0 Å². The molecule has 0 aliphatic rings. The average molecular weight is 387 g/mol. The molecule has 0 fully saturated rings. The van der Waals surface area contributed by atoms with Crippen molar-refractivity contribution >= 4 is 17.9 Å². The van der Waals surface area contributed by atoms with Crippen LogP contribution in [0.4, 0.5) is 0 Å². The molecule has 0 amide bonds. The summed E-state index contributed by atoms with van der Waals surface area (Å²) in [7, 11) is 3.74. The minimum atomic E-state index is -1.18. The van der Waals surface area contributed by atoms with Gasteiger partial charge in [-0.25, -0.2) is 0 Å². The van der Waals surface area contributed by atoms with Crippen LogP contribution in [0.3, 0.4) is 0 Å². The van der Waals surface area contributed by atoms with E-state index in [9.17, 15) is 19.5 Å². The van der Waals surface area contributed by atoms with Crippen LogP contribution in [-0.4, -0.2) is 56.7 Å². The molecule has 0 aliphatic carbocycles. The highest BCUT2D eigenvalue weighted by Crippen LogP contribution is 2.26. The summed E-state index contributed by atoms with van der Waals surface area (Å²) in [6, 6.07) is 0. The Hall–Kier alpha value is -1.63. The van der Waals surface area contributed by atoms with Gasteiger partial charge in [0.1, 0.15) is 6.61 Å². The highest BCUT2D eigenvalue weighted by Gasteiger charge is 2.30. The molecule has 27 heavy (non-hydrogen) atoms. The van der Waals surface area contributed by atoms with Crippen LogP contribution in [0.1, 0.15) is 59.3 Å². The van der Waals surface area contributed by atoms with Crippen molar-refractivity contribution in [3.8, 4) is 0 Å². The van der Waals surface area contributed by atoms with E-state index in [1.54, 1.807) is 6.92 Å². The summed E-state index contributed by atoms with van der Waals surface area (Å²) < 4.78 is 10.6. The molecule has 0 aliphatic heterocycles. The Morgan fingerprint density at radius 1 is 0.852 bits per heavy atom. The standard InChI is InChI=1S/C20H37NO6/c1-6-9-11-26-19(24)16(8-3)14-17(13-15(7-2)18(22)23)20(25)27-12-10-21(4)5/h15-17H,6-14H2,1-5H3,(H,22,23)/p-1. The molecule has 0 bridgehead atoms. The third kappa shape index (κ3) is 11.0. The van der Waals surface area contributed by atoms with E-state index in [4.69, 9.17) is 9.47 Å². The third-order valence-corrected chi connectivity index (χ3v) is 4.65. The molecule has 0 aromatic rings. The molecule has 0 spiro atoms. The molecular weight excluding hydrogens is 350 g/mol. The number of aliphatic carboxylic acids is 1. The fraction of sp³-hybridized carbons (Fsp3) is 0.850. The van der Waals surface area contributed by atoms with Gasteiger partial charge in [-0.15, -0.1) is 0 Å². The molecule has 7 nitrogen and oxygen atoms in total. The Morgan fingerprint density at radius 2 is 1.37 bits per heavy atom. The number of likely N-dealkylation sites (N-methyl/N-ethyl adjacent to an activating group) is 1. The number of esters is 2. The Kier molecular flexibility index (Phi) is 13.6. The van der Waals surface area contributed by atoms with E-state index in [0.717, 1.165) is 12.8 Å². The van der Waals surface area contributed by atoms with E-state index in [2.05, 4.69) is 0 Å². The normalized spacial score (nSPS) is 14.4. The highest BCUT2D eigenvalue weighted by atomic mass is 16.5. The van der Waals surface area contributed by atoms with Gasteiger partial charge in [-0.2, -0.15) is 0 Å². The molecule has 158 valence electrons. The molecule has 0 saturated heterocycles. The monoisotopic (exact) mass is 386 g/mol. The first-order chi connectivity index (χ1) is 12.8. The molecule has 0 heterocycles. The lowest BCUT2D eigenvalue weighted by atomic mass is 9.85. The maximum Gasteiger partial charge on any atom is 0.309 e. The van der Waals surface area contributed by atoms with E-state index in [-0.39, 0.29) is 25.4 Å². The smallest absolute Gasteiger partial charge is 0.309 e. The van der Waals surface area contributed by atoms with E-state index in [1.807, 2.05) is 32.8 Å². The maximum absolute atomic E-state index is 12.5. The van der Waals surface area contributed by atoms with Gasteiger partial charge < -0.3 is 24.3 Å². The van der Waals surface area contributed by atoms with Crippen LogP contribution in [0.2, 0.25) is 0 Å². The van der Waals surface area contributed by atoms with Crippen LogP contribution in [-0.2, 0) is 23.9 Å². The van der Waals surface area contributed by atoms with Crippen LogP contribution in [0.25, 0.3) is 0 Å². The molecule has 3 unspecified atom stereocenters. The summed E-state index contributed by atoms with van der Waals surface area (Å²) in [4.78, 5) is 38.0. The molecule has 0 aromatic heterocycles. The third-order valence-electron chi connectivity index (χ3n) is 4.65. The van der Waals surface area contributed by atoms with E-state index < -0.39 is 29.7 Å². The number of unbranched alkanes of at least 4 members (excludes halogenated alkanes) is 1. The minimum absolute atomic E-state index is 0.109. The van der Waals surface area contributed by atoms with Crippen LogP contribution in [0, 0.1) is 17.8 Å². The van der Waals surface area contributed by atoms with Gasteiger partial charge in [0, 0.05) is 12.5 Å². The lowest BCUT2D eigenvalue weighted by Gasteiger charge is -2.25. The second kappa shape index (κ2) is 14.4. The van der Waals surface area contributed by atoms with Crippen molar-refractivity contribution < 1.29 is 29.0 Å². The van der Waals surface area contributed by atoms with Crippen molar-refractivity contribution in [2.24, 2.45) is 17.8 Å². The number of ether oxygens (including phenoxy) is 2. The molecule has 0 saturated carbocycles. The first-order valence-corrected chi connectivity index (χ1v) is 9.95. The second-order valence-corrected chi connectivity index (χ2v) is 7.19. The zero-order valence-corrected chi connectivity index (χ0v) is 17.5. The maximum atomic E-state index is 12.5. The molecular formula is C20H36NO6-. The molecule has 0 rings (SSSR count). The number of rotatable bonds is 15. The zero-order valence-electron chi connectivity index (χ0n) is 17.5. The topological polar surface area (TPSA) is 96.0 Å². The number of carbonyl (C=O) groups is 3. The Bertz CT molecular complexity index is 452. The average Bonchev–Trinajstić information content (AvgIpc) is 2.61. The van der Waals surface area contributed by atoms with Gasteiger partial charge in [-0.3, -0.25) is 9.59 Å². The number of hydrogen-bond donors (Lipinski definition) is 0. The number of carboxylic acids is 1. The summed E-state index contributed by atoms with van der Waals surface area (Å²) in [6.07, 6.45) is 2.94. The molecule has 7 heteroatoms. The largest absolute Gasteiger partial charge is 0.550 e. The van der Waals surface area contributed by atoms with Crippen LogP contribution >= 0.6 is 0 Å². The fourth-order valence-corrected chi connectivity index (χ4v) is 2.72. The van der Waals surface area contributed by atoms with Crippen LogP contribution < -0.4 is 5.11 Å². The van der Waals surface area contributed by atoms with Crippen molar-refractivity contribution in [1.82, 2.24) is 4.90 Å². The number of carboxylic acid groups (broad SMARTS) is 1. The Morgan fingerprint density at radius 3 is 1.85 bits per heavy atom. The van der Waals surface area contributed by atoms with E-state index in [0.29, 0.717) is 26.0 Å². The van der Waals surface area contributed by atoms with E-state index >= 15 is 0 Å². The highest BCUT2D eigenvalue weighted by molar-refractivity contribution is 5.77. The first kappa shape index (κ1) is 25.4. The van der Waals surface area contributed by atoms with Gasteiger partial charge in [-0.1, -0.05) is 27.2 Å². The minimum Gasteiger partial charge on any atom is -0.550 e. The van der Waals surface area contributed by atoms with Crippen molar-refractivity contribution in [3.05, 3.63) is 0 Å². The summed E-state index contributed by atoms with van der Waals surface area (Å²) in [5.74, 6) is -3.84. The van der Waals surface area contributed by atoms with Gasteiger partial charge in [0.2, 0.25) is 0 Å². The Labute approximate surface area is 163 Å². The molecule has 0 radical (unpaired) electrons. The van der Waals surface area contributed by atoms with Crippen molar-refractivity contribution in [3.63, 3.8) is 0 Å². The Balaban J connectivity index is 5.04. The van der Waals surface area contributed by atoms with Crippen LogP contribution in [0.5, 0.6) is 0 Å². The predicted molar refractivity (Wildman–Crippen MR) is 101 cm³/mol. The molecule has 3 atom stereocenters. The lowest BCUT2D eigenvalue weighted by Crippen LogP contribution is -2.35. The van der Waals surface area contributed by atoms with Gasteiger partial charge in [-0.05, 0) is 52.1 Å². The summed E-state index contributed by atoms with van der Waals surface area (Å²) >= 11 is 0. The number of carbonyl (C=O) groups excluding carboxylic acids is 3. The van der Waals surface area contributed by atoms with Crippen molar-refractivity contribution in [1.29, 1.82) is 0 Å². The summed E-state index contributed by atoms with van der Waals surface area (Å²) in [6.45, 7) is 6.77. The summed E-state index contributed by atoms with van der Waals surface area (Å²) in [5, 5.41) is 11.3. The van der Waals surface area contributed by atoms with Gasteiger partial charge in [0.05, 0.1) is 18.4 Å². The van der Waals surface area contributed by atoms with Crippen molar-refractivity contribution in [2.75, 3.05) is 33.9 Å². The summed E-state index contributed by atoms with van der Waals surface area (Å²) in [5.41, 5.74) is 0.